The number of fused-ring (bicyclic) bond motifs is 1. The molecule has 202 valence electrons. The van der Waals surface area contributed by atoms with Crippen LogP contribution in [0, 0.1) is 11.3 Å². The molecule has 0 spiro atoms. The molecule has 1 aliphatic heterocycles. The number of rotatable bonds is 11. The molecule has 0 saturated carbocycles. The molecule has 38 heavy (non-hydrogen) atoms. The smallest absolute Gasteiger partial charge is 0.163 e. The third-order valence-electron chi connectivity index (χ3n) is 6.64. The van der Waals surface area contributed by atoms with Crippen molar-refractivity contribution in [1.29, 1.82) is 5.26 Å². The van der Waals surface area contributed by atoms with Gasteiger partial charge < -0.3 is 29.3 Å². The van der Waals surface area contributed by atoms with E-state index in [2.05, 4.69) is 33.1 Å². The van der Waals surface area contributed by atoms with Crippen molar-refractivity contribution in [3.63, 3.8) is 0 Å². The molecule has 2 heterocycles. The van der Waals surface area contributed by atoms with Crippen molar-refractivity contribution >= 4 is 45.5 Å². The molecule has 0 radical (unpaired) electrons. The van der Waals surface area contributed by atoms with Gasteiger partial charge in [-0.3, -0.25) is 4.98 Å². The first-order valence-electron chi connectivity index (χ1n) is 12.8. The fourth-order valence-corrected chi connectivity index (χ4v) is 5.02. The Labute approximate surface area is 234 Å². The minimum atomic E-state index is 0.363. The van der Waals surface area contributed by atoms with Crippen LogP contribution >= 0.6 is 23.2 Å². The molecular formula is C28H33Cl2N5O3. The Balaban J connectivity index is 1.56. The minimum absolute atomic E-state index is 0.363. The highest BCUT2D eigenvalue weighted by Crippen LogP contribution is 2.40. The van der Waals surface area contributed by atoms with Crippen LogP contribution in [0.2, 0.25) is 10.0 Å². The maximum absolute atomic E-state index is 9.81. The van der Waals surface area contributed by atoms with Gasteiger partial charge >= 0.3 is 0 Å². The second kappa shape index (κ2) is 13.2. The summed E-state index contributed by atoms with van der Waals surface area (Å²) in [6, 6.07) is 9.22. The lowest BCUT2D eigenvalue weighted by Crippen LogP contribution is -2.46. The number of benzene rings is 2. The van der Waals surface area contributed by atoms with Gasteiger partial charge in [0, 0.05) is 56.4 Å². The third kappa shape index (κ3) is 6.54. The summed E-state index contributed by atoms with van der Waals surface area (Å²) >= 11 is 12.7. The molecule has 1 aromatic heterocycles. The Bertz CT molecular complexity index is 1310. The van der Waals surface area contributed by atoms with Crippen LogP contribution in [0.5, 0.6) is 17.2 Å². The summed E-state index contributed by atoms with van der Waals surface area (Å²) in [6.45, 7) is 11.7. The summed E-state index contributed by atoms with van der Waals surface area (Å²) < 4.78 is 17.4. The molecule has 0 amide bonds. The summed E-state index contributed by atoms with van der Waals surface area (Å²) in [6.07, 6.45) is 2.45. The Morgan fingerprint density at radius 1 is 0.974 bits per heavy atom. The SMILES string of the molecule is CCOc1cc2c(Nc3cc(OC)c(Cl)cc3Cl)c(C#N)cnc2cc1OCCCN1CCN(CC)CC1. The largest absolute Gasteiger partial charge is 0.495 e. The predicted octanol–water partition coefficient (Wildman–Crippen LogP) is 5.97. The molecule has 0 atom stereocenters. The summed E-state index contributed by atoms with van der Waals surface area (Å²) in [5.41, 5.74) is 2.14. The number of piperazine rings is 1. The van der Waals surface area contributed by atoms with Crippen LogP contribution in [0.3, 0.4) is 0 Å². The number of nitriles is 1. The van der Waals surface area contributed by atoms with Gasteiger partial charge in [0.1, 0.15) is 11.8 Å². The topological polar surface area (TPSA) is 82.9 Å². The van der Waals surface area contributed by atoms with E-state index in [9.17, 15) is 5.26 Å². The van der Waals surface area contributed by atoms with Crippen LogP contribution < -0.4 is 19.5 Å². The number of methoxy groups -OCH3 is 1. The minimum Gasteiger partial charge on any atom is -0.495 e. The van der Waals surface area contributed by atoms with Gasteiger partial charge in [-0.1, -0.05) is 30.1 Å². The predicted molar refractivity (Wildman–Crippen MR) is 153 cm³/mol. The second-order valence-electron chi connectivity index (χ2n) is 8.98. The summed E-state index contributed by atoms with van der Waals surface area (Å²) in [5.74, 6) is 1.69. The number of aromatic nitrogens is 1. The number of hydrogen-bond acceptors (Lipinski definition) is 8. The van der Waals surface area contributed by atoms with Crippen LogP contribution in [0.25, 0.3) is 10.9 Å². The lowest BCUT2D eigenvalue weighted by Gasteiger charge is -2.33. The molecule has 4 rings (SSSR count). The van der Waals surface area contributed by atoms with Gasteiger partial charge in [0.05, 0.1) is 52.8 Å². The Morgan fingerprint density at radius 2 is 1.71 bits per heavy atom. The average molecular weight is 559 g/mol. The zero-order valence-electron chi connectivity index (χ0n) is 22.0. The molecular weight excluding hydrogens is 525 g/mol. The zero-order chi connectivity index (χ0) is 27.1. The van der Waals surface area contributed by atoms with Crippen molar-refractivity contribution in [2.45, 2.75) is 20.3 Å². The van der Waals surface area contributed by atoms with E-state index >= 15 is 0 Å². The number of halogens is 2. The van der Waals surface area contributed by atoms with Gasteiger partial charge in [0.15, 0.2) is 11.5 Å². The van der Waals surface area contributed by atoms with E-state index in [0.29, 0.717) is 68.3 Å². The Morgan fingerprint density at radius 3 is 2.39 bits per heavy atom. The first kappa shape index (κ1) is 28.1. The van der Waals surface area contributed by atoms with Crippen LogP contribution in [-0.4, -0.2) is 74.4 Å². The van der Waals surface area contributed by atoms with Gasteiger partial charge in [0.25, 0.3) is 0 Å². The van der Waals surface area contributed by atoms with Crippen molar-refractivity contribution in [1.82, 2.24) is 14.8 Å². The van der Waals surface area contributed by atoms with Crippen molar-refractivity contribution in [3.05, 3.63) is 46.1 Å². The zero-order valence-corrected chi connectivity index (χ0v) is 23.5. The quantitative estimate of drug-likeness (QED) is 0.288. The third-order valence-corrected chi connectivity index (χ3v) is 7.25. The fraction of sp³-hybridized carbons (Fsp3) is 0.429. The normalized spacial score (nSPS) is 14.3. The molecule has 0 aliphatic carbocycles. The number of pyridine rings is 1. The van der Waals surface area contributed by atoms with Crippen molar-refractivity contribution < 1.29 is 14.2 Å². The molecule has 8 nitrogen and oxygen atoms in total. The van der Waals surface area contributed by atoms with E-state index in [1.54, 1.807) is 12.1 Å². The van der Waals surface area contributed by atoms with Gasteiger partial charge in [0.2, 0.25) is 0 Å². The number of hydrogen-bond donors (Lipinski definition) is 1. The summed E-state index contributed by atoms with van der Waals surface area (Å²) in [5, 5.41) is 14.6. The number of nitrogens with one attached hydrogen (secondary N) is 1. The van der Waals surface area contributed by atoms with Gasteiger partial charge in [-0.25, -0.2) is 0 Å². The first-order valence-corrected chi connectivity index (χ1v) is 13.6. The van der Waals surface area contributed by atoms with Crippen LogP contribution in [0.1, 0.15) is 25.8 Å². The molecule has 10 heteroatoms. The maximum atomic E-state index is 9.81. The molecule has 1 aliphatic rings. The Hall–Kier alpha value is -2.96. The van der Waals surface area contributed by atoms with E-state index in [-0.39, 0.29) is 0 Å². The summed E-state index contributed by atoms with van der Waals surface area (Å²) in [4.78, 5) is 9.47. The number of ether oxygens (including phenoxy) is 3. The molecule has 2 aromatic carbocycles. The number of nitrogens with zero attached hydrogens (tertiary/aromatic N) is 4. The van der Waals surface area contributed by atoms with Gasteiger partial charge in [-0.05, 0) is 32.0 Å². The number of anilines is 2. The van der Waals surface area contributed by atoms with E-state index < -0.39 is 0 Å². The van der Waals surface area contributed by atoms with Crippen molar-refractivity contribution in [2.75, 3.05) is 64.9 Å². The summed E-state index contributed by atoms with van der Waals surface area (Å²) in [7, 11) is 1.53. The number of likely N-dealkylation sites (N-methyl/N-ethyl adjacent to an activating group) is 1. The highest BCUT2D eigenvalue weighted by molar-refractivity contribution is 6.37. The van der Waals surface area contributed by atoms with E-state index in [4.69, 9.17) is 37.4 Å². The molecule has 0 unspecified atom stereocenters. The first-order chi connectivity index (χ1) is 18.5. The van der Waals surface area contributed by atoms with Crippen LogP contribution in [0.4, 0.5) is 11.4 Å². The monoisotopic (exact) mass is 557 g/mol. The standard InChI is InChI=1S/C28H33Cl2N5O3/c1-4-34-8-10-35(11-9-34)7-6-12-38-27-15-23-20(13-26(27)37-5-2)28(19(17-31)18-32-23)33-24-16-25(36-3)22(30)14-21(24)29/h13-16,18H,4-12H2,1-3H3,(H,32,33). The molecule has 1 fully saturated rings. The Kier molecular flexibility index (Phi) is 9.75. The van der Waals surface area contributed by atoms with Crippen molar-refractivity contribution in [3.8, 4) is 23.3 Å². The highest BCUT2D eigenvalue weighted by atomic mass is 35.5. The average Bonchev–Trinajstić information content (AvgIpc) is 2.93. The fourth-order valence-electron chi connectivity index (χ4n) is 4.52. The van der Waals surface area contributed by atoms with E-state index in [1.807, 2.05) is 19.1 Å². The van der Waals surface area contributed by atoms with Crippen LogP contribution in [0.15, 0.2) is 30.5 Å². The van der Waals surface area contributed by atoms with Gasteiger partial charge in [-0.15, -0.1) is 0 Å². The molecule has 1 N–H and O–H groups in total. The lowest BCUT2D eigenvalue weighted by molar-refractivity contribution is 0.130. The molecule has 0 bridgehead atoms. The van der Waals surface area contributed by atoms with E-state index in [0.717, 1.165) is 45.7 Å². The molecule has 3 aromatic rings. The van der Waals surface area contributed by atoms with E-state index in [1.165, 1.54) is 13.3 Å². The second-order valence-corrected chi connectivity index (χ2v) is 9.79. The van der Waals surface area contributed by atoms with Crippen LogP contribution in [-0.2, 0) is 0 Å². The van der Waals surface area contributed by atoms with Crippen molar-refractivity contribution in [2.24, 2.45) is 0 Å². The lowest BCUT2D eigenvalue weighted by atomic mass is 10.1. The maximum Gasteiger partial charge on any atom is 0.163 e. The highest BCUT2D eigenvalue weighted by Gasteiger charge is 2.18. The molecule has 1 saturated heterocycles. The van der Waals surface area contributed by atoms with Gasteiger partial charge in [-0.2, -0.15) is 5.26 Å².